The van der Waals surface area contributed by atoms with Gasteiger partial charge in [0.15, 0.2) is 0 Å². The number of piperidine rings is 1. The number of carbonyl (C=O) groups is 3. The van der Waals surface area contributed by atoms with E-state index in [1.54, 1.807) is 4.90 Å². The van der Waals surface area contributed by atoms with Gasteiger partial charge in [0.25, 0.3) is 12.6 Å². The summed E-state index contributed by atoms with van der Waals surface area (Å²) in [6.07, 6.45) is 5.24. The fourth-order valence-corrected chi connectivity index (χ4v) is 3.99. The van der Waals surface area contributed by atoms with E-state index in [0.29, 0.717) is 18.5 Å². The predicted molar refractivity (Wildman–Crippen MR) is 96.1 cm³/mol. The van der Waals surface area contributed by atoms with E-state index in [4.69, 9.17) is 5.26 Å². The van der Waals surface area contributed by atoms with Crippen molar-refractivity contribution in [2.75, 3.05) is 0 Å². The Labute approximate surface area is 151 Å². The van der Waals surface area contributed by atoms with E-state index in [2.05, 4.69) is 17.4 Å². The molecule has 3 aliphatic rings. The number of rotatable bonds is 2. The molecule has 1 atom stereocenters. The summed E-state index contributed by atoms with van der Waals surface area (Å²) in [6.45, 7) is 0.486. The molecule has 1 unspecified atom stereocenters. The van der Waals surface area contributed by atoms with Crippen LogP contribution < -0.4 is 5.32 Å². The summed E-state index contributed by atoms with van der Waals surface area (Å²) >= 11 is 0. The maximum Gasteiger partial charge on any atom is 0.271 e. The van der Waals surface area contributed by atoms with Crippen molar-refractivity contribution in [1.29, 1.82) is 5.26 Å². The highest BCUT2D eigenvalue weighted by Gasteiger charge is 2.39. The molecule has 0 aromatic heterocycles. The van der Waals surface area contributed by atoms with Crippen molar-refractivity contribution < 1.29 is 14.4 Å². The molecule has 4 rings (SSSR count). The van der Waals surface area contributed by atoms with Gasteiger partial charge in [0.2, 0.25) is 11.8 Å². The van der Waals surface area contributed by atoms with Gasteiger partial charge in [0, 0.05) is 24.5 Å². The first kappa shape index (κ1) is 16.6. The van der Waals surface area contributed by atoms with Crippen molar-refractivity contribution in [2.24, 2.45) is 0 Å². The van der Waals surface area contributed by atoms with E-state index in [1.165, 1.54) is 5.57 Å². The minimum atomic E-state index is -0.582. The molecule has 7 heteroatoms. The van der Waals surface area contributed by atoms with Gasteiger partial charge in [-0.25, -0.2) is 5.26 Å². The van der Waals surface area contributed by atoms with Gasteiger partial charge in [-0.3, -0.25) is 19.7 Å². The molecule has 6 nitrogen and oxygen atoms in total. The van der Waals surface area contributed by atoms with Crippen LogP contribution in [0.3, 0.4) is 0 Å². The zero-order chi connectivity index (χ0) is 18.3. The molecule has 3 heterocycles. The van der Waals surface area contributed by atoms with Crippen LogP contribution in [0.1, 0.15) is 40.7 Å². The number of nitriles is 1. The molecule has 1 saturated heterocycles. The van der Waals surface area contributed by atoms with Crippen molar-refractivity contribution in [3.05, 3.63) is 41.0 Å². The minimum Gasteiger partial charge on any atom is -0.322 e. The Morgan fingerprint density at radius 2 is 2.08 bits per heavy atom. The van der Waals surface area contributed by atoms with Gasteiger partial charge < -0.3 is 4.90 Å². The Balaban J connectivity index is 1.56. The lowest BCUT2D eigenvalue weighted by Crippen LogP contribution is -2.52. The third-order valence-electron chi connectivity index (χ3n) is 5.49. The lowest BCUT2D eigenvalue weighted by atomic mass is 9.43. The van der Waals surface area contributed by atoms with Gasteiger partial charge in [0.1, 0.15) is 6.04 Å². The highest BCUT2D eigenvalue weighted by atomic mass is 16.2. The number of nitrogens with one attached hydrogen (secondary N) is 1. The molecule has 0 spiro atoms. The second-order valence-electron chi connectivity index (χ2n) is 7.10. The number of amides is 3. The average Bonchev–Trinajstić information content (AvgIpc) is 2.98. The Morgan fingerprint density at radius 3 is 2.77 bits per heavy atom. The summed E-state index contributed by atoms with van der Waals surface area (Å²) in [6, 6.07) is 5.22. The number of fused-ring (bicyclic) bond motifs is 1. The number of allylic oxidation sites excluding steroid dienone is 2. The topological polar surface area (TPSA) is 90.3 Å². The van der Waals surface area contributed by atoms with E-state index in [0.717, 1.165) is 30.2 Å². The first-order valence-corrected chi connectivity index (χ1v) is 8.93. The average molecular weight is 347 g/mol. The van der Waals surface area contributed by atoms with Gasteiger partial charge in [-0.15, -0.1) is 0 Å². The van der Waals surface area contributed by atoms with E-state index in [9.17, 15) is 14.4 Å². The number of imide groups is 1. The van der Waals surface area contributed by atoms with Crippen molar-refractivity contribution in [2.45, 2.75) is 44.5 Å². The number of hydrogen-bond donors (Lipinski definition) is 1. The van der Waals surface area contributed by atoms with Crippen LogP contribution in [0.4, 0.5) is 0 Å². The smallest absolute Gasteiger partial charge is 0.271 e. The molecule has 1 N–H and O–H groups in total. The van der Waals surface area contributed by atoms with Crippen LogP contribution in [0.25, 0.3) is 5.57 Å². The molecule has 26 heavy (non-hydrogen) atoms. The molecule has 0 saturated carbocycles. The monoisotopic (exact) mass is 347 g/mol. The van der Waals surface area contributed by atoms with Crippen LogP contribution in [-0.2, 0) is 16.1 Å². The van der Waals surface area contributed by atoms with E-state index >= 15 is 0 Å². The van der Waals surface area contributed by atoms with Crippen molar-refractivity contribution in [1.82, 2.24) is 10.2 Å². The lowest BCUT2D eigenvalue weighted by molar-refractivity contribution is -0.136. The molecule has 1 aromatic rings. The number of benzene rings is 1. The zero-order valence-electron chi connectivity index (χ0n) is 14.3. The Kier molecular flexibility index (Phi) is 4.11. The van der Waals surface area contributed by atoms with Gasteiger partial charge in [0.05, 0.1) is 0 Å². The highest BCUT2D eigenvalue weighted by Crippen LogP contribution is 2.33. The fraction of sp³-hybridized carbons (Fsp3) is 0.368. The Hall–Kier alpha value is -2.88. The van der Waals surface area contributed by atoms with Crippen molar-refractivity contribution >= 4 is 30.0 Å². The molecule has 0 bridgehead atoms. The highest BCUT2D eigenvalue weighted by molar-refractivity contribution is 6.67. The zero-order valence-corrected chi connectivity index (χ0v) is 14.3. The largest absolute Gasteiger partial charge is 0.322 e. The molecule has 0 aliphatic carbocycles. The fourth-order valence-electron chi connectivity index (χ4n) is 3.99. The molecule has 3 amide bonds. The number of nitrogens with zero attached hydrogens (tertiary/aromatic N) is 2. The van der Waals surface area contributed by atoms with Gasteiger partial charge in [-0.05, 0) is 48.0 Å². The minimum absolute atomic E-state index is 0.0952. The third kappa shape index (κ3) is 2.82. The van der Waals surface area contributed by atoms with Gasteiger partial charge in [-0.2, -0.15) is 0 Å². The standard InChI is InChI=1S/C19H18BN3O3/c21-11-20-7-5-12(6-8-20)13-1-2-15-14(9-13)10-23(19(15)26)16-3-4-17(24)22-18(16)25/h1-2,5,9,16H,3-4,6-8,10H2,(H,22,24,25). The van der Waals surface area contributed by atoms with E-state index in [1.807, 2.05) is 18.2 Å². The van der Waals surface area contributed by atoms with E-state index in [-0.39, 0.29) is 30.9 Å². The van der Waals surface area contributed by atoms with Crippen LogP contribution in [0.15, 0.2) is 24.3 Å². The van der Waals surface area contributed by atoms with Crippen LogP contribution in [-0.4, -0.2) is 35.4 Å². The van der Waals surface area contributed by atoms with E-state index < -0.39 is 6.04 Å². The summed E-state index contributed by atoms with van der Waals surface area (Å²) in [5.41, 5.74) is 3.84. The summed E-state index contributed by atoms with van der Waals surface area (Å²) in [5, 5.41) is 11.3. The molecule has 130 valence electrons. The quantitative estimate of drug-likeness (QED) is 0.652. The first-order valence-electron chi connectivity index (χ1n) is 8.93. The molecule has 0 radical (unpaired) electrons. The number of hydrogen-bond acceptors (Lipinski definition) is 4. The van der Waals surface area contributed by atoms with Gasteiger partial charge >= 0.3 is 0 Å². The summed E-state index contributed by atoms with van der Waals surface area (Å²) in [5.74, 6) is 1.50. The van der Waals surface area contributed by atoms with Gasteiger partial charge in [-0.1, -0.05) is 18.5 Å². The SMILES string of the molecule is N#CB1CC=C(c2ccc3c(c2)CN(C2CCC(=O)NC2=O)C3=O)CC1. The van der Waals surface area contributed by atoms with Crippen LogP contribution in [0.5, 0.6) is 0 Å². The van der Waals surface area contributed by atoms with Crippen LogP contribution in [0.2, 0.25) is 12.6 Å². The molecular formula is C19H18BN3O3. The predicted octanol–water partition coefficient (Wildman–Crippen LogP) is 1.79. The summed E-state index contributed by atoms with van der Waals surface area (Å²) in [4.78, 5) is 37.7. The molecule has 1 fully saturated rings. The normalized spacial score (nSPS) is 22.7. The lowest BCUT2D eigenvalue weighted by Gasteiger charge is -2.29. The third-order valence-corrected chi connectivity index (χ3v) is 5.49. The second kappa shape index (κ2) is 6.45. The molecule has 3 aliphatic heterocycles. The summed E-state index contributed by atoms with van der Waals surface area (Å²) in [7, 11) is 0. The summed E-state index contributed by atoms with van der Waals surface area (Å²) < 4.78 is 0. The maximum absolute atomic E-state index is 12.7. The van der Waals surface area contributed by atoms with Crippen molar-refractivity contribution in [3.63, 3.8) is 0 Å². The molecule has 1 aromatic carbocycles. The van der Waals surface area contributed by atoms with Crippen molar-refractivity contribution in [3.8, 4) is 5.97 Å². The van der Waals surface area contributed by atoms with Crippen LogP contribution in [0, 0.1) is 11.2 Å². The molecular weight excluding hydrogens is 329 g/mol. The maximum atomic E-state index is 12.7. The first-order chi connectivity index (χ1) is 12.6. The second-order valence-corrected chi connectivity index (χ2v) is 7.10. The van der Waals surface area contributed by atoms with Crippen LogP contribution >= 0.6 is 0 Å². The Morgan fingerprint density at radius 1 is 1.23 bits per heavy atom. The number of carbonyl (C=O) groups excluding carboxylic acids is 3. The Bertz CT molecular complexity index is 887.